The molecule has 1 amide bonds. The molecule has 0 spiro atoms. The molecule has 0 aromatic carbocycles. The summed E-state index contributed by atoms with van der Waals surface area (Å²) in [6.07, 6.45) is 4.17. The average Bonchev–Trinajstić information content (AvgIpc) is 2.64. The zero-order valence-electron chi connectivity index (χ0n) is 15.4. The summed E-state index contributed by atoms with van der Waals surface area (Å²) in [6, 6.07) is 3.41. The lowest BCUT2D eigenvalue weighted by atomic mass is 10.2. The van der Waals surface area contributed by atoms with Gasteiger partial charge in [-0.1, -0.05) is 26.3 Å². The van der Waals surface area contributed by atoms with Gasteiger partial charge in [-0.3, -0.25) is 9.69 Å². The maximum atomic E-state index is 11.8. The van der Waals surface area contributed by atoms with Crippen LogP contribution in [0, 0.1) is 0 Å². The van der Waals surface area contributed by atoms with Crippen molar-refractivity contribution >= 4 is 17.9 Å². The summed E-state index contributed by atoms with van der Waals surface area (Å²) in [5.41, 5.74) is 10.9. The molecular formula is C17H30N4O4. The highest BCUT2D eigenvalue weighted by atomic mass is 16.6. The van der Waals surface area contributed by atoms with Gasteiger partial charge in [-0.25, -0.2) is 9.78 Å². The van der Waals surface area contributed by atoms with Gasteiger partial charge >= 0.3 is 12.1 Å². The van der Waals surface area contributed by atoms with Crippen LogP contribution in [0.3, 0.4) is 0 Å². The number of hydrogen-bond donors (Lipinski definition) is 2. The number of rotatable bonds is 8. The van der Waals surface area contributed by atoms with E-state index in [4.69, 9.17) is 20.9 Å². The fourth-order valence-corrected chi connectivity index (χ4v) is 1.64. The Kier molecular flexibility index (Phi) is 12.9. The van der Waals surface area contributed by atoms with Crippen LogP contribution in [0.25, 0.3) is 0 Å². The molecule has 0 aliphatic heterocycles. The first-order valence-electron chi connectivity index (χ1n) is 8.41. The number of esters is 1. The minimum Gasteiger partial charge on any atom is -0.460 e. The van der Waals surface area contributed by atoms with Gasteiger partial charge in [0.2, 0.25) is 0 Å². The van der Waals surface area contributed by atoms with E-state index in [-0.39, 0.29) is 13.2 Å². The molecule has 0 saturated carbocycles. The molecule has 4 N–H and O–H groups in total. The number of hydrogen-bond acceptors (Lipinski definition) is 7. The topological polar surface area (TPSA) is 121 Å². The number of unbranched alkanes of at least 4 members (excludes halogenated alkanes) is 1. The Morgan fingerprint density at radius 2 is 1.92 bits per heavy atom. The number of amides is 1. The number of nitrogens with zero attached hydrogens (tertiary/aromatic N) is 2. The van der Waals surface area contributed by atoms with Crippen molar-refractivity contribution in [2.24, 2.45) is 11.5 Å². The Hall–Kier alpha value is -2.19. The summed E-state index contributed by atoms with van der Waals surface area (Å²) in [4.78, 5) is 28.2. The van der Waals surface area contributed by atoms with Crippen LogP contribution < -0.4 is 16.4 Å². The van der Waals surface area contributed by atoms with Gasteiger partial charge in [-0.05, 0) is 25.5 Å². The molecule has 8 nitrogen and oxygen atoms in total. The number of anilines is 1. The number of carbonyl (C=O) groups excluding carboxylic acids is 2. The molecule has 8 heteroatoms. The van der Waals surface area contributed by atoms with Crippen molar-refractivity contribution in [3.8, 4) is 0 Å². The van der Waals surface area contributed by atoms with E-state index in [0.717, 1.165) is 13.0 Å². The highest BCUT2D eigenvalue weighted by molar-refractivity contribution is 5.86. The van der Waals surface area contributed by atoms with Gasteiger partial charge in [0.05, 0.1) is 13.2 Å². The first-order valence-corrected chi connectivity index (χ1v) is 8.41. The number of pyridine rings is 1. The number of ether oxygens (including phenoxy) is 2. The molecule has 0 aliphatic carbocycles. The fourth-order valence-electron chi connectivity index (χ4n) is 1.64. The second-order valence-corrected chi connectivity index (χ2v) is 5.17. The minimum absolute atomic E-state index is 0.00457. The Balaban J connectivity index is 0.00000101. The van der Waals surface area contributed by atoms with E-state index in [0.29, 0.717) is 18.0 Å². The SMILES string of the molecule is CCCCN.CCCOC(=O)N(C)c1ncccc1COC(=O)CN. The van der Waals surface area contributed by atoms with Crippen LogP contribution in [0.2, 0.25) is 0 Å². The van der Waals surface area contributed by atoms with Crippen LogP contribution in [-0.2, 0) is 20.9 Å². The zero-order chi connectivity index (χ0) is 19.1. The van der Waals surface area contributed by atoms with Gasteiger partial charge in [0.15, 0.2) is 0 Å². The van der Waals surface area contributed by atoms with Crippen molar-refractivity contribution in [1.82, 2.24) is 4.98 Å². The lowest BCUT2D eigenvalue weighted by molar-refractivity contribution is -0.143. The van der Waals surface area contributed by atoms with Crippen molar-refractivity contribution in [1.29, 1.82) is 0 Å². The van der Waals surface area contributed by atoms with Crippen LogP contribution >= 0.6 is 0 Å². The predicted octanol–water partition coefficient (Wildman–Crippen LogP) is 1.81. The molecule has 0 bridgehead atoms. The monoisotopic (exact) mass is 354 g/mol. The van der Waals surface area contributed by atoms with Crippen molar-refractivity contribution in [2.75, 3.05) is 31.6 Å². The Labute approximate surface area is 149 Å². The van der Waals surface area contributed by atoms with Crippen LogP contribution in [0.4, 0.5) is 10.6 Å². The van der Waals surface area contributed by atoms with E-state index in [1.54, 1.807) is 25.4 Å². The smallest absolute Gasteiger partial charge is 0.415 e. The van der Waals surface area contributed by atoms with Gasteiger partial charge < -0.3 is 20.9 Å². The molecule has 0 radical (unpaired) electrons. The first kappa shape index (κ1) is 22.8. The van der Waals surface area contributed by atoms with E-state index < -0.39 is 12.1 Å². The van der Waals surface area contributed by atoms with E-state index in [9.17, 15) is 9.59 Å². The highest BCUT2D eigenvalue weighted by Gasteiger charge is 2.17. The molecule has 1 rings (SSSR count). The standard InChI is InChI=1S/C13H19N3O4.C4H11N/c1-3-7-19-13(18)16(2)12-10(5-4-6-15-12)9-20-11(17)8-14;1-2-3-4-5/h4-6H,3,7-9,14H2,1-2H3;2-5H2,1H3. The molecular weight excluding hydrogens is 324 g/mol. The third-order valence-corrected chi connectivity index (χ3v) is 3.00. The lowest BCUT2D eigenvalue weighted by Gasteiger charge is -2.18. The molecule has 1 aromatic heterocycles. The van der Waals surface area contributed by atoms with Crippen molar-refractivity contribution in [3.63, 3.8) is 0 Å². The van der Waals surface area contributed by atoms with Gasteiger partial charge in [0.25, 0.3) is 0 Å². The number of aromatic nitrogens is 1. The zero-order valence-corrected chi connectivity index (χ0v) is 15.4. The van der Waals surface area contributed by atoms with Crippen LogP contribution in [0.5, 0.6) is 0 Å². The van der Waals surface area contributed by atoms with Crippen LogP contribution in [-0.4, -0.2) is 43.8 Å². The summed E-state index contributed by atoms with van der Waals surface area (Å²) in [5, 5.41) is 0. The molecule has 25 heavy (non-hydrogen) atoms. The fraction of sp³-hybridized carbons (Fsp3) is 0.588. The Morgan fingerprint density at radius 3 is 2.44 bits per heavy atom. The van der Waals surface area contributed by atoms with Crippen LogP contribution in [0.15, 0.2) is 18.3 Å². The van der Waals surface area contributed by atoms with Crippen molar-refractivity contribution < 1.29 is 19.1 Å². The number of nitrogens with two attached hydrogens (primary N) is 2. The average molecular weight is 354 g/mol. The normalized spacial score (nSPS) is 9.64. The van der Waals surface area contributed by atoms with Crippen LogP contribution in [0.1, 0.15) is 38.7 Å². The maximum absolute atomic E-state index is 11.8. The first-order chi connectivity index (χ1) is 12.0. The van der Waals surface area contributed by atoms with Crippen molar-refractivity contribution in [3.05, 3.63) is 23.9 Å². The summed E-state index contributed by atoms with van der Waals surface area (Å²) >= 11 is 0. The second kappa shape index (κ2) is 14.2. The summed E-state index contributed by atoms with van der Waals surface area (Å²) in [6.45, 7) is 5.04. The van der Waals surface area contributed by atoms with Gasteiger partial charge in [-0.2, -0.15) is 0 Å². The summed E-state index contributed by atoms with van der Waals surface area (Å²) < 4.78 is 9.97. The summed E-state index contributed by atoms with van der Waals surface area (Å²) in [7, 11) is 1.55. The van der Waals surface area contributed by atoms with Gasteiger partial charge in [0, 0.05) is 18.8 Å². The molecule has 0 aliphatic rings. The van der Waals surface area contributed by atoms with Gasteiger partial charge in [0.1, 0.15) is 12.4 Å². The summed E-state index contributed by atoms with van der Waals surface area (Å²) in [5.74, 6) is -0.130. The molecule has 1 heterocycles. The number of carbonyl (C=O) groups is 2. The third kappa shape index (κ3) is 9.63. The maximum Gasteiger partial charge on any atom is 0.415 e. The van der Waals surface area contributed by atoms with Gasteiger partial charge in [-0.15, -0.1) is 0 Å². The quantitative estimate of drug-likeness (QED) is 0.683. The van der Waals surface area contributed by atoms with E-state index >= 15 is 0 Å². The molecule has 0 fully saturated rings. The van der Waals surface area contributed by atoms with E-state index in [1.165, 1.54) is 17.7 Å². The van der Waals surface area contributed by atoms with E-state index in [1.807, 2.05) is 6.92 Å². The molecule has 1 aromatic rings. The molecule has 0 unspecified atom stereocenters. The van der Waals surface area contributed by atoms with Crippen molar-refractivity contribution in [2.45, 2.75) is 39.7 Å². The largest absolute Gasteiger partial charge is 0.460 e. The third-order valence-electron chi connectivity index (χ3n) is 3.00. The molecule has 0 atom stereocenters. The Morgan fingerprint density at radius 1 is 1.20 bits per heavy atom. The Bertz CT molecular complexity index is 509. The molecule has 142 valence electrons. The highest BCUT2D eigenvalue weighted by Crippen LogP contribution is 2.17. The lowest BCUT2D eigenvalue weighted by Crippen LogP contribution is -2.29. The predicted molar refractivity (Wildman–Crippen MR) is 97.1 cm³/mol. The minimum atomic E-state index is -0.518. The molecule has 0 saturated heterocycles. The second-order valence-electron chi connectivity index (χ2n) is 5.17. The van der Waals surface area contributed by atoms with E-state index in [2.05, 4.69) is 11.9 Å².